The fourth-order valence-corrected chi connectivity index (χ4v) is 8.59. The molecule has 0 aliphatic heterocycles. The van der Waals surface area contributed by atoms with Crippen LogP contribution in [0.3, 0.4) is 0 Å². The molecule has 45 heavy (non-hydrogen) atoms. The Morgan fingerprint density at radius 1 is 0.556 bits per heavy atom. The Labute approximate surface area is 267 Å². The summed E-state index contributed by atoms with van der Waals surface area (Å²) in [6.07, 6.45) is 0. The van der Waals surface area contributed by atoms with E-state index in [0.717, 1.165) is 10.5 Å². The summed E-state index contributed by atoms with van der Waals surface area (Å²) < 4.78 is 3.65. The fraction of sp³-hybridized carbons (Fsp3) is 0.119. The second-order valence-corrected chi connectivity index (χ2v) is 14.2. The molecule has 3 heteroatoms. The third kappa shape index (κ3) is 3.84. The van der Waals surface area contributed by atoms with E-state index in [2.05, 4.69) is 153 Å². The number of thiazole rings is 1. The van der Waals surface area contributed by atoms with Gasteiger partial charge in [-0.15, -0.1) is 0 Å². The second-order valence-electron chi connectivity index (χ2n) is 13.3. The van der Waals surface area contributed by atoms with E-state index in [9.17, 15) is 0 Å². The third-order valence-corrected chi connectivity index (χ3v) is 10.6. The van der Waals surface area contributed by atoms with Crippen molar-refractivity contribution in [2.24, 2.45) is 0 Å². The smallest absolute Gasteiger partial charge is 0.195 e. The average molecular weight is 597 g/mol. The Kier molecular flexibility index (Phi) is 5.58. The number of imidazole rings is 1. The molecule has 1 aliphatic rings. The molecule has 0 N–H and O–H groups in total. The number of benzene rings is 6. The van der Waals surface area contributed by atoms with Gasteiger partial charge in [0.25, 0.3) is 0 Å². The van der Waals surface area contributed by atoms with Crippen molar-refractivity contribution in [2.75, 3.05) is 0 Å². The molecule has 0 atom stereocenters. The van der Waals surface area contributed by atoms with Gasteiger partial charge in [0.05, 0.1) is 21.3 Å². The predicted octanol–water partition coefficient (Wildman–Crippen LogP) is 12.0. The average Bonchev–Trinajstić information content (AvgIpc) is 3.60. The van der Waals surface area contributed by atoms with Crippen LogP contribution in [0.2, 0.25) is 0 Å². The first-order chi connectivity index (χ1) is 21.9. The van der Waals surface area contributed by atoms with Crippen LogP contribution in [-0.2, 0) is 5.41 Å². The molecule has 2 nitrogen and oxygen atoms in total. The van der Waals surface area contributed by atoms with Crippen molar-refractivity contribution >= 4 is 37.5 Å². The standard InChI is InChI=1S/C42H32N2S/c1-25-12-11-19-36-39(25)43-41-44(36)37-23-22-35(42(2,3)4)38(40(37)45-41)26-20-21-33-31-17-8-7-15-29(31)27-13-5-6-14-28(27)30-16-9-10-18-32(30)34(33)24-26/h5-24H,1-4H3. The Bertz CT molecular complexity index is 2480. The number of hydrogen-bond acceptors (Lipinski definition) is 2. The molecular weight excluding hydrogens is 565 g/mol. The summed E-state index contributed by atoms with van der Waals surface area (Å²) in [7, 11) is 0. The highest BCUT2D eigenvalue weighted by molar-refractivity contribution is 7.24. The number of para-hydroxylation sites is 1. The topological polar surface area (TPSA) is 17.3 Å². The lowest BCUT2D eigenvalue weighted by Gasteiger charge is -2.26. The van der Waals surface area contributed by atoms with E-state index in [1.165, 1.54) is 82.5 Å². The zero-order chi connectivity index (χ0) is 30.4. The molecular formula is C42H32N2S. The van der Waals surface area contributed by atoms with Gasteiger partial charge in [0.2, 0.25) is 0 Å². The largest absolute Gasteiger partial charge is 0.283 e. The van der Waals surface area contributed by atoms with E-state index in [1.807, 2.05) is 11.3 Å². The van der Waals surface area contributed by atoms with Gasteiger partial charge < -0.3 is 0 Å². The summed E-state index contributed by atoms with van der Waals surface area (Å²) in [5, 5.41) is 0. The highest BCUT2D eigenvalue weighted by Gasteiger charge is 2.26. The molecule has 0 saturated carbocycles. The van der Waals surface area contributed by atoms with Crippen LogP contribution in [0, 0.1) is 6.92 Å². The van der Waals surface area contributed by atoms with E-state index >= 15 is 0 Å². The number of rotatable bonds is 1. The number of aryl methyl sites for hydroxylation is 1. The van der Waals surface area contributed by atoms with E-state index in [-0.39, 0.29) is 5.41 Å². The molecule has 216 valence electrons. The Hall–Kier alpha value is -4.99. The van der Waals surface area contributed by atoms with Gasteiger partial charge in [-0.05, 0) is 91.7 Å². The minimum absolute atomic E-state index is 0.0397. The molecule has 0 bridgehead atoms. The van der Waals surface area contributed by atoms with E-state index in [1.54, 1.807) is 0 Å². The molecule has 6 aromatic carbocycles. The molecule has 0 spiro atoms. The fourth-order valence-electron chi connectivity index (χ4n) is 7.39. The lowest BCUT2D eigenvalue weighted by Crippen LogP contribution is -2.13. The quantitative estimate of drug-likeness (QED) is 0.184. The summed E-state index contributed by atoms with van der Waals surface area (Å²) in [6.45, 7) is 9.12. The molecule has 0 unspecified atom stereocenters. The van der Waals surface area contributed by atoms with Gasteiger partial charge in [-0.3, -0.25) is 4.40 Å². The van der Waals surface area contributed by atoms with Crippen LogP contribution >= 0.6 is 11.3 Å². The van der Waals surface area contributed by atoms with Crippen molar-refractivity contribution in [3.8, 4) is 55.6 Å². The predicted molar refractivity (Wildman–Crippen MR) is 192 cm³/mol. The molecule has 0 radical (unpaired) electrons. The van der Waals surface area contributed by atoms with Gasteiger partial charge in [0, 0.05) is 5.56 Å². The van der Waals surface area contributed by atoms with E-state index < -0.39 is 0 Å². The van der Waals surface area contributed by atoms with Crippen LogP contribution in [0.25, 0.3) is 81.8 Å². The lowest BCUT2D eigenvalue weighted by molar-refractivity contribution is 0.593. The summed E-state index contributed by atoms with van der Waals surface area (Å²) in [4.78, 5) is 6.17. The van der Waals surface area contributed by atoms with Gasteiger partial charge in [-0.2, -0.15) is 0 Å². The normalized spacial score (nSPS) is 12.4. The van der Waals surface area contributed by atoms with Gasteiger partial charge in [-0.25, -0.2) is 4.98 Å². The molecule has 2 aromatic heterocycles. The highest BCUT2D eigenvalue weighted by Crippen LogP contribution is 2.50. The first-order valence-corrected chi connectivity index (χ1v) is 16.5. The van der Waals surface area contributed by atoms with Crippen LogP contribution in [0.1, 0.15) is 31.9 Å². The highest BCUT2D eigenvalue weighted by atomic mass is 32.1. The Balaban J connectivity index is 1.38. The molecule has 9 rings (SSSR count). The van der Waals surface area contributed by atoms with Gasteiger partial charge in [0.1, 0.15) is 0 Å². The Morgan fingerprint density at radius 3 is 1.69 bits per heavy atom. The maximum atomic E-state index is 5.13. The summed E-state index contributed by atoms with van der Waals surface area (Å²) in [6, 6.07) is 44.9. The first-order valence-electron chi connectivity index (χ1n) is 15.7. The Morgan fingerprint density at radius 2 is 1.11 bits per heavy atom. The molecule has 8 aromatic rings. The molecule has 2 heterocycles. The molecule has 1 aliphatic carbocycles. The monoisotopic (exact) mass is 596 g/mol. The van der Waals surface area contributed by atoms with Gasteiger partial charge in [0.15, 0.2) is 4.96 Å². The van der Waals surface area contributed by atoms with Crippen molar-refractivity contribution in [1.82, 2.24) is 9.38 Å². The van der Waals surface area contributed by atoms with Crippen molar-refractivity contribution in [3.05, 3.63) is 132 Å². The molecule has 0 saturated heterocycles. The van der Waals surface area contributed by atoms with Crippen molar-refractivity contribution in [3.63, 3.8) is 0 Å². The van der Waals surface area contributed by atoms with Crippen molar-refractivity contribution < 1.29 is 0 Å². The number of nitrogens with zero attached hydrogens (tertiary/aromatic N) is 2. The maximum Gasteiger partial charge on any atom is 0.195 e. The lowest BCUT2D eigenvalue weighted by atomic mass is 9.78. The maximum absolute atomic E-state index is 5.13. The minimum atomic E-state index is -0.0397. The third-order valence-electron chi connectivity index (χ3n) is 9.49. The first kappa shape index (κ1) is 26.4. The summed E-state index contributed by atoms with van der Waals surface area (Å²) >= 11 is 1.81. The number of hydrogen-bond donors (Lipinski definition) is 0. The van der Waals surface area contributed by atoms with Gasteiger partial charge in [-0.1, -0.05) is 135 Å². The van der Waals surface area contributed by atoms with E-state index in [0.29, 0.717) is 0 Å². The summed E-state index contributed by atoms with van der Waals surface area (Å²) in [5.41, 5.74) is 18.7. The van der Waals surface area contributed by atoms with Crippen LogP contribution < -0.4 is 0 Å². The van der Waals surface area contributed by atoms with Crippen LogP contribution in [-0.4, -0.2) is 9.38 Å². The zero-order valence-corrected chi connectivity index (χ0v) is 26.7. The van der Waals surface area contributed by atoms with Crippen molar-refractivity contribution in [2.45, 2.75) is 33.1 Å². The van der Waals surface area contributed by atoms with Crippen molar-refractivity contribution in [1.29, 1.82) is 0 Å². The summed E-state index contributed by atoms with van der Waals surface area (Å²) in [5.74, 6) is 0. The number of fused-ring (bicyclic) bond motifs is 13. The second kappa shape index (κ2) is 9.50. The number of aromatic nitrogens is 2. The minimum Gasteiger partial charge on any atom is -0.283 e. The molecule has 0 amide bonds. The SMILES string of the molecule is Cc1cccc2c1nc1sc3c(-c4ccc5c(c4)-c4ccccc4-c4ccccc4-c4ccccc4-5)c(C(C)(C)C)ccc3n12. The van der Waals surface area contributed by atoms with Gasteiger partial charge >= 0.3 is 0 Å². The zero-order valence-electron chi connectivity index (χ0n) is 25.8. The van der Waals surface area contributed by atoms with Crippen LogP contribution in [0.15, 0.2) is 121 Å². The van der Waals surface area contributed by atoms with Crippen LogP contribution in [0.5, 0.6) is 0 Å². The van der Waals surface area contributed by atoms with Crippen LogP contribution in [0.4, 0.5) is 0 Å². The molecule has 0 fully saturated rings. The van der Waals surface area contributed by atoms with E-state index in [4.69, 9.17) is 4.98 Å².